The number of nitrogens with one attached hydrogen (secondary N) is 1. The summed E-state index contributed by atoms with van der Waals surface area (Å²) in [7, 11) is 0. The highest BCUT2D eigenvalue weighted by Gasteiger charge is 2.52. The number of carbonyl (C=O) groups excluding carboxylic acids is 2. The molecule has 2 aliphatic rings. The van der Waals surface area contributed by atoms with Gasteiger partial charge < -0.3 is 10.2 Å². The summed E-state index contributed by atoms with van der Waals surface area (Å²) in [6.07, 6.45) is 2.02. The molecular formula is C16H19BrN2O2. The predicted molar refractivity (Wildman–Crippen MR) is 85.2 cm³/mol. The Bertz CT molecular complexity index is 616. The summed E-state index contributed by atoms with van der Waals surface area (Å²) in [5.74, 6) is 0.197. The standard InChI is InChI=1S/C16H19BrN2O2/c1-9-6-12(7-10(2)14(9)17)19-8-13(20)18-16(3,15(19)21)11-4-5-11/h6-7,11H,4-5,8H2,1-3H3,(H,18,20). The first kappa shape index (κ1) is 14.6. The van der Waals surface area contributed by atoms with Crippen LogP contribution >= 0.6 is 15.9 Å². The van der Waals surface area contributed by atoms with E-state index in [0.717, 1.165) is 34.1 Å². The summed E-state index contributed by atoms with van der Waals surface area (Å²) in [6.45, 7) is 5.95. The number of benzene rings is 1. The first-order chi connectivity index (χ1) is 9.83. The van der Waals surface area contributed by atoms with E-state index in [1.54, 1.807) is 4.90 Å². The second-order valence-corrected chi connectivity index (χ2v) is 7.10. The number of rotatable bonds is 2. The van der Waals surface area contributed by atoms with E-state index in [-0.39, 0.29) is 24.3 Å². The summed E-state index contributed by atoms with van der Waals surface area (Å²) in [5.41, 5.74) is 2.19. The predicted octanol–water partition coefficient (Wildman–Crippen LogP) is 2.70. The Kier molecular flexibility index (Phi) is 3.35. The third kappa shape index (κ3) is 2.37. The lowest BCUT2D eigenvalue weighted by Gasteiger charge is -2.40. The van der Waals surface area contributed by atoms with Crippen molar-refractivity contribution in [2.24, 2.45) is 5.92 Å². The number of hydrogen-bond donors (Lipinski definition) is 1. The number of halogens is 1. The second-order valence-electron chi connectivity index (χ2n) is 6.31. The van der Waals surface area contributed by atoms with E-state index in [4.69, 9.17) is 0 Å². The van der Waals surface area contributed by atoms with Crippen LogP contribution in [0.3, 0.4) is 0 Å². The first-order valence-corrected chi connectivity index (χ1v) is 8.02. The maximum Gasteiger partial charge on any atom is 0.253 e. The molecule has 1 atom stereocenters. The molecule has 1 aromatic rings. The number of nitrogens with zero attached hydrogens (tertiary/aromatic N) is 1. The van der Waals surface area contributed by atoms with Gasteiger partial charge in [0.05, 0.1) is 0 Å². The molecule has 1 saturated heterocycles. The smallest absolute Gasteiger partial charge is 0.253 e. The quantitative estimate of drug-likeness (QED) is 0.891. The molecule has 1 aliphatic carbocycles. The summed E-state index contributed by atoms with van der Waals surface area (Å²) >= 11 is 3.54. The number of piperazine rings is 1. The fraction of sp³-hybridized carbons (Fsp3) is 0.500. The van der Waals surface area contributed by atoms with E-state index < -0.39 is 5.54 Å². The lowest BCUT2D eigenvalue weighted by Crippen LogP contribution is -2.66. The van der Waals surface area contributed by atoms with Crippen LogP contribution < -0.4 is 10.2 Å². The van der Waals surface area contributed by atoms with E-state index in [9.17, 15) is 9.59 Å². The van der Waals surface area contributed by atoms with Crippen LogP contribution in [0.15, 0.2) is 16.6 Å². The van der Waals surface area contributed by atoms with Gasteiger partial charge in [0.1, 0.15) is 12.1 Å². The molecule has 112 valence electrons. The van der Waals surface area contributed by atoms with Crippen LogP contribution in [0.1, 0.15) is 30.9 Å². The van der Waals surface area contributed by atoms with Gasteiger partial charge in [0, 0.05) is 10.2 Å². The molecule has 4 nitrogen and oxygen atoms in total. The van der Waals surface area contributed by atoms with Crippen molar-refractivity contribution in [2.75, 3.05) is 11.4 Å². The van der Waals surface area contributed by atoms with Crippen molar-refractivity contribution >= 4 is 33.4 Å². The van der Waals surface area contributed by atoms with Crippen LogP contribution in [0.2, 0.25) is 0 Å². The van der Waals surface area contributed by atoms with Gasteiger partial charge in [0.25, 0.3) is 5.91 Å². The lowest BCUT2D eigenvalue weighted by atomic mass is 9.91. The normalized spacial score (nSPS) is 26.0. The maximum atomic E-state index is 12.9. The third-order valence-electron chi connectivity index (χ3n) is 4.52. The van der Waals surface area contributed by atoms with Gasteiger partial charge in [-0.3, -0.25) is 9.59 Å². The van der Waals surface area contributed by atoms with Crippen LogP contribution in [0, 0.1) is 19.8 Å². The fourth-order valence-electron chi connectivity index (χ4n) is 3.10. The van der Waals surface area contributed by atoms with Gasteiger partial charge in [-0.25, -0.2) is 0 Å². The average molecular weight is 351 g/mol. The van der Waals surface area contributed by atoms with Crippen LogP contribution in [0.5, 0.6) is 0 Å². The van der Waals surface area contributed by atoms with Gasteiger partial charge >= 0.3 is 0 Å². The Balaban J connectivity index is 2.01. The van der Waals surface area contributed by atoms with Gasteiger partial charge in [-0.2, -0.15) is 0 Å². The molecule has 1 N–H and O–H groups in total. The van der Waals surface area contributed by atoms with E-state index >= 15 is 0 Å². The summed E-state index contributed by atoms with van der Waals surface area (Å²) < 4.78 is 1.05. The molecule has 3 rings (SSSR count). The van der Waals surface area contributed by atoms with Crippen molar-refractivity contribution in [3.8, 4) is 0 Å². The molecule has 2 fully saturated rings. The minimum absolute atomic E-state index is 0.00530. The van der Waals surface area contributed by atoms with Gasteiger partial charge in [-0.15, -0.1) is 0 Å². The summed E-state index contributed by atoms with van der Waals surface area (Å²) in [4.78, 5) is 26.6. The Hall–Kier alpha value is -1.36. The molecule has 1 unspecified atom stereocenters. The molecule has 1 aliphatic heterocycles. The van der Waals surface area contributed by atoms with Crippen LogP contribution in [0.25, 0.3) is 0 Å². The Morgan fingerprint density at radius 3 is 2.33 bits per heavy atom. The van der Waals surface area contributed by atoms with Crippen molar-refractivity contribution in [3.63, 3.8) is 0 Å². The third-order valence-corrected chi connectivity index (χ3v) is 5.77. The molecular weight excluding hydrogens is 332 g/mol. The molecule has 0 spiro atoms. The van der Waals surface area contributed by atoms with Crippen molar-refractivity contribution in [2.45, 2.75) is 39.2 Å². The average Bonchev–Trinajstić information content (AvgIpc) is 3.24. The Labute approximate surface area is 133 Å². The van der Waals surface area contributed by atoms with Crippen LogP contribution in [0.4, 0.5) is 5.69 Å². The maximum absolute atomic E-state index is 12.9. The molecule has 1 heterocycles. The zero-order chi connectivity index (χ0) is 15.4. The highest BCUT2D eigenvalue weighted by Crippen LogP contribution is 2.42. The zero-order valence-electron chi connectivity index (χ0n) is 12.5. The highest BCUT2D eigenvalue weighted by molar-refractivity contribution is 9.10. The SMILES string of the molecule is Cc1cc(N2CC(=O)NC(C)(C3CC3)C2=O)cc(C)c1Br. The Morgan fingerprint density at radius 1 is 1.24 bits per heavy atom. The Morgan fingerprint density at radius 2 is 1.81 bits per heavy atom. The molecule has 5 heteroatoms. The van der Waals surface area contributed by atoms with Gasteiger partial charge in [0.15, 0.2) is 0 Å². The molecule has 1 aromatic carbocycles. The number of anilines is 1. The zero-order valence-corrected chi connectivity index (χ0v) is 14.1. The van der Waals surface area contributed by atoms with E-state index in [1.807, 2.05) is 32.9 Å². The van der Waals surface area contributed by atoms with E-state index in [1.165, 1.54) is 0 Å². The first-order valence-electron chi connectivity index (χ1n) is 7.22. The van der Waals surface area contributed by atoms with Gasteiger partial charge in [0.2, 0.25) is 5.91 Å². The monoisotopic (exact) mass is 350 g/mol. The molecule has 0 aromatic heterocycles. The van der Waals surface area contributed by atoms with Crippen LogP contribution in [-0.4, -0.2) is 23.9 Å². The largest absolute Gasteiger partial charge is 0.340 e. The highest BCUT2D eigenvalue weighted by atomic mass is 79.9. The topological polar surface area (TPSA) is 49.4 Å². The number of amides is 2. The molecule has 21 heavy (non-hydrogen) atoms. The minimum Gasteiger partial charge on any atom is -0.340 e. The van der Waals surface area contributed by atoms with Crippen LogP contribution in [-0.2, 0) is 9.59 Å². The number of carbonyl (C=O) groups is 2. The van der Waals surface area contributed by atoms with Crippen molar-refractivity contribution in [3.05, 3.63) is 27.7 Å². The molecule has 0 bridgehead atoms. The molecule has 0 radical (unpaired) electrons. The molecule has 1 saturated carbocycles. The molecule has 2 amide bonds. The minimum atomic E-state index is -0.746. The van der Waals surface area contributed by atoms with E-state index in [2.05, 4.69) is 21.2 Å². The summed E-state index contributed by atoms with van der Waals surface area (Å²) in [5, 5.41) is 2.91. The van der Waals surface area contributed by atoms with Crippen molar-refractivity contribution < 1.29 is 9.59 Å². The van der Waals surface area contributed by atoms with Gasteiger partial charge in [-0.05, 0) is 62.8 Å². The fourth-order valence-corrected chi connectivity index (χ4v) is 3.33. The summed E-state index contributed by atoms with van der Waals surface area (Å²) in [6, 6.07) is 3.92. The van der Waals surface area contributed by atoms with E-state index in [0.29, 0.717) is 0 Å². The van der Waals surface area contributed by atoms with Crippen molar-refractivity contribution in [1.29, 1.82) is 0 Å². The second kappa shape index (κ2) is 4.83. The number of aryl methyl sites for hydroxylation is 2. The number of hydrogen-bond acceptors (Lipinski definition) is 2. The lowest BCUT2D eigenvalue weighted by molar-refractivity contribution is -0.136. The van der Waals surface area contributed by atoms with Crippen molar-refractivity contribution in [1.82, 2.24) is 5.32 Å². The van der Waals surface area contributed by atoms with Gasteiger partial charge in [-0.1, -0.05) is 15.9 Å².